The first-order valence-corrected chi connectivity index (χ1v) is 14.8. The van der Waals surface area contributed by atoms with Gasteiger partial charge in [-0.15, -0.1) is 0 Å². The number of amides is 1. The number of sulfonamides is 1. The van der Waals surface area contributed by atoms with Gasteiger partial charge in [0.2, 0.25) is 15.9 Å². The lowest BCUT2D eigenvalue weighted by atomic mass is 10.2. The van der Waals surface area contributed by atoms with E-state index in [0.29, 0.717) is 23.9 Å². The number of para-hydroxylation sites is 2. The number of halogens is 1. The van der Waals surface area contributed by atoms with E-state index in [2.05, 4.69) is 10.3 Å². The van der Waals surface area contributed by atoms with Gasteiger partial charge < -0.3 is 14.8 Å². The molecule has 2 aromatic heterocycles. The molecule has 12 heteroatoms. The number of anilines is 2. The summed E-state index contributed by atoms with van der Waals surface area (Å²) in [5, 5.41) is 3.58. The van der Waals surface area contributed by atoms with Gasteiger partial charge in [0.15, 0.2) is 5.13 Å². The normalized spacial score (nSPS) is 14.6. The molecular weight excluding hydrogens is 553 g/mol. The molecule has 3 heterocycles. The van der Waals surface area contributed by atoms with Gasteiger partial charge >= 0.3 is 0 Å². The maximum absolute atomic E-state index is 14.3. The predicted molar refractivity (Wildman–Crippen MR) is 154 cm³/mol. The number of benzene rings is 3. The molecule has 0 unspecified atom stereocenters. The van der Waals surface area contributed by atoms with Crippen LogP contribution in [0.1, 0.15) is 0 Å². The number of carbonyl (C=O) groups excluding carboxylic acids is 1. The maximum atomic E-state index is 14.3. The highest BCUT2D eigenvalue weighted by molar-refractivity contribution is 7.89. The molecule has 6 rings (SSSR count). The SMILES string of the molecule is O=C(Cn1cc(S(=O)(=O)N2CCN(c3ccccc3F)CC2)c2ccccc2c1=O)Nc1nc2ccccc2s1. The summed E-state index contributed by atoms with van der Waals surface area (Å²) in [6.07, 6.45) is 1.24. The highest BCUT2D eigenvalue weighted by atomic mass is 32.2. The second kappa shape index (κ2) is 10.5. The van der Waals surface area contributed by atoms with Gasteiger partial charge in [-0.3, -0.25) is 9.59 Å². The monoisotopic (exact) mass is 577 g/mol. The van der Waals surface area contributed by atoms with Crippen LogP contribution in [-0.2, 0) is 21.4 Å². The molecular formula is C28H24FN5O4S2. The number of hydrogen-bond donors (Lipinski definition) is 1. The summed E-state index contributed by atoms with van der Waals surface area (Å²) in [6, 6.07) is 20.3. The smallest absolute Gasteiger partial charge is 0.258 e. The minimum Gasteiger partial charge on any atom is -0.367 e. The Kier molecular flexibility index (Phi) is 6.82. The van der Waals surface area contributed by atoms with Crippen molar-refractivity contribution in [1.29, 1.82) is 0 Å². The third kappa shape index (κ3) is 4.85. The number of nitrogens with zero attached hydrogens (tertiary/aromatic N) is 4. The topological polar surface area (TPSA) is 105 Å². The van der Waals surface area contributed by atoms with Crippen LogP contribution in [0.4, 0.5) is 15.2 Å². The molecule has 1 amide bonds. The van der Waals surface area contributed by atoms with Crippen LogP contribution in [0.25, 0.3) is 21.0 Å². The minimum absolute atomic E-state index is 0.0603. The number of aromatic nitrogens is 2. The summed E-state index contributed by atoms with van der Waals surface area (Å²) in [5.74, 6) is -0.862. The van der Waals surface area contributed by atoms with Crippen LogP contribution in [0, 0.1) is 5.82 Å². The summed E-state index contributed by atoms with van der Waals surface area (Å²) >= 11 is 1.31. The van der Waals surface area contributed by atoms with E-state index in [4.69, 9.17) is 0 Å². The highest BCUT2D eigenvalue weighted by Gasteiger charge is 2.31. The number of carbonyl (C=O) groups is 1. The average Bonchev–Trinajstić information content (AvgIpc) is 3.37. The van der Waals surface area contributed by atoms with Crippen LogP contribution in [0.3, 0.4) is 0 Å². The molecule has 0 atom stereocenters. The van der Waals surface area contributed by atoms with E-state index in [9.17, 15) is 22.4 Å². The van der Waals surface area contributed by atoms with Crippen LogP contribution < -0.4 is 15.8 Å². The Balaban J connectivity index is 1.28. The first-order chi connectivity index (χ1) is 19.3. The molecule has 3 aromatic carbocycles. The quantitative estimate of drug-likeness (QED) is 0.328. The maximum Gasteiger partial charge on any atom is 0.258 e. The number of piperazine rings is 1. The molecule has 0 bridgehead atoms. The van der Waals surface area contributed by atoms with E-state index in [1.54, 1.807) is 42.5 Å². The fraction of sp³-hybridized carbons (Fsp3) is 0.179. The van der Waals surface area contributed by atoms with Crippen molar-refractivity contribution in [3.05, 3.63) is 95.2 Å². The van der Waals surface area contributed by atoms with E-state index < -0.39 is 21.5 Å². The number of rotatable bonds is 6. The zero-order chi connectivity index (χ0) is 27.9. The molecule has 1 aliphatic rings. The first kappa shape index (κ1) is 26.1. The Morgan fingerprint density at radius 3 is 2.35 bits per heavy atom. The van der Waals surface area contributed by atoms with Crippen molar-refractivity contribution in [3.8, 4) is 0 Å². The van der Waals surface area contributed by atoms with E-state index >= 15 is 0 Å². The number of nitrogens with one attached hydrogen (secondary N) is 1. The van der Waals surface area contributed by atoms with E-state index in [-0.39, 0.29) is 41.1 Å². The molecule has 1 N–H and O–H groups in total. The van der Waals surface area contributed by atoms with Gasteiger partial charge in [0.25, 0.3) is 5.56 Å². The Hall–Kier alpha value is -4.13. The van der Waals surface area contributed by atoms with Crippen LogP contribution in [0.2, 0.25) is 0 Å². The van der Waals surface area contributed by atoms with Crippen LogP contribution in [-0.4, -0.2) is 54.4 Å². The third-order valence-corrected chi connectivity index (χ3v) is 9.74. The second-order valence-corrected chi connectivity index (χ2v) is 12.3. The van der Waals surface area contributed by atoms with E-state index in [1.165, 1.54) is 27.9 Å². The Morgan fingerprint density at radius 2 is 1.60 bits per heavy atom. The van der Waals surface area contributed by atoms with Crippen molar-refractivity contribution in [3.63, 3.8) is 0 Å². The number of thiazole rings is 1. The van der Waals surface area contributed by atoms with Crippen LogP contribution in [0.5, 0.6) is 0 Å². The zero-order valence-electron chi connectivity index (χ0n) is 21.2. The van der Waals surface area contributed by atoms with Gasteiger partial charge in [-0.05, 0) is 30.3 Å². The lowest BCUT2D eigenvalue weighted by Gasteiger charge is -2.35. The molecule has 9 nitrogen and oxygen atoms in total. The Morgan fingerprint density at radius 1 is 0.925 bits per heavy atom. The summed E-state index contributed by atoms with van der Waals surface area (Å²) in [4.78, 5) is 32.3. The van der Waals surface area contributed by atoms with E-state index in [1.807, 2.05) is 29.2 Å². The minimum atomic E-state index is -4.04. The highest BCUT2D eigenvalue weighted by Crippen LogP contribution is 2.28. The second-order valence-electron chi connectivity index (χ2n) is 9.35. The molecule has 1 fully saturated rings. The van der Waals surface area contributed by atoms with Crippen molar-refractivity contribution >= 4 is 59.1 Å². The fourth-order valence-electron chi connectivity index (χ4n) is 4.89. The lowest BCUT2D eigenvalue weighted by molar-refractivity contribution is -0.116. The van der Waals surface area contributed by atoms with Crippen molar-refractivity contribution in [2.45, 2.75) is 11.4 Å². The van der Waals surface area contributed by atoms with E-state index in [0.717, 1.165) is 14.8 Å². The van der Waals surface area contributed by atoms with Gasteiger partial charge in [0, 0.05) is 43.1 Å². The predicted octanol–water partition coefficient (Wildman–Crippen LogP) is 3.90. The molecule has 0 spiro atoms. The van der Waals surface area contributed by atoms with Gasteiger partial charge in [-0.1, -0.05) is 53.8 Å². The lowest BCUT2D eigenvalue weighted by Crippen LogP contribution is -2.49. The van der Waals surface area contributed by atoms with Gasteiger partial charge in [0.05, 0.1) is 15.9 Å². The zero-order valence-corrected chi connectivity index (χ0v) is 22.8. The van der Waals surface area contributed by atoms with Crippen molar-refractivity contribution in [2.24, 2.45) is 0 Å². The van der Waals surface area contributed by atoms with Crippen LogP contribution in [0.15, 0.2) is 88.7 Å². The molecule has 1 aliphatic heterocycles. The van der Waals surface area contributed by atoms with Gasteiger partial charge in [-0.25, -0.2) is 17.8 Å². The fourth-order valence-corrected chi connectivity index (χ4v) is 7.41. The average molecular weight is 578 g/mol. The first-order valence-electron chi connectivity index (χ1n) is 12.6. The largest absolute Gasteiger partial charge is 0.367 e. The summed E-state index contributed by atoms with van der Waals surface area (Å²) in [5.41, 5.74) is 0.699. The number of fused-ring (bicyclic) bond motifs is 2. The molecule has 5 aromatic rings. The number of hydrogen-bond acceptors (Lipinski definition) is 7. The summed E-state index contributed by atoms with van der Waals surface area (Å²) < 4.78 is 45.4. The van der Waals surface area contributed by atoms with Crippen molar-refractivity contribution in [2.75, 3.05) is 36.4 Å². The van der Waals surface area contributed by atoms with Crippen molar-refractivity contribution < 1.29 is 17.6 Å². The molecule has 0 saturated carbocycles. The summed E-state index contributed by atoms with van der Waals surface area (Å²) in [7, 11) is -4.04. The molecule has 0 radical (unpaired) electrons. The van der Waals surface area contributed by atoms with Crippen molar-refractivity contribution in [1.82, 2.24) is 13.9 Å². The van der Waals surface area contributed by atoms with Gasteiger partial charge in [0.1, 0.15) is 17.3 Å². The Labute approximate surface area is 233 Å². The van der Waals surface area contributed by atoms with Crippen LogP contribution >= 0.6 is 11.3 Å². The molecule has 40 heavy (non-hydrogen) atoms. The third-order valence-electron chi connectivity index (χ3n) is 6.86. The Bertz CT molecular complexity index is 1880. The molecule has 1 saturated heterocycles. The standard InChI is InChI=1S/C28H24FN5O4S2/c29-21-9-3-5-11-23(21)32-13-15-34(16-14-32)40(37,38)25-17-33(27(36)20-8-2-1-7-19(20)25)18-26(35)31-28-30-22-10-4-6-12-24(22)39-28/h1-12,17H,13-16,18H2,(H,30,31,35). The number of pyridine rings is 1. The molecule has 204 valence electrons. The molecule has 0 aliphatic carbocycles. The summed E-state index contributed by atoms with van der Waals surface area (Å²) in [6.45, 7) is 0.512. The van der Waals surface area contributed by atoms with Gasteiger partial charge in [-0.2, -0.15) is 4.31 Å².